The smallest absolute Gasteiger partial charge is 0.225 e. The van der Waals surface area contributed by atoms with Crippen LogP contribution in [0.25, 0.3) is 0 Å². The van der Waals surface area contributed by atoms with E-state index in [4.69, 9.17) is 4.74 Å². The molecule has 0 unspecified atom stereocenters. The molecule has 4 rings (SSSR count). The van der Waals surface area contributed by atoms with Crippen molar-refractivity contribution >= 4 is 11.7 Å². The quantitative estimate of drug-likeness (QED) is 0.575. The van der Waals surface area contributed by atoms with Crippen molar-refractivity contribution in [2.45, 2.75) is 32.4 Å². The molecule has 1 amide bonds. The summed E-state index contributed by atoms with van der Waals surface area (Å²) >= 11 is 0. The summed E-state index contributed by atoms with van der Waals surface area (Å²) in [6.45, 7) is 3.21. The molecule has 0 saturated heterocycles. The number of rotatable bonds is 8. The maximum absolute atomic E-state index is 12.3. The summed E-state index contributed by atoms with van der Waals surface area (Å²) in [7, 11) is 0. The van der Waals surface area contributed by atoms with Gasteiger partial charge in [0.15, 0.2) is 5.82 Å². The number of carbonyl (C=O) groups is 1. The molecule has 29 heavy (non-hydrogen) atoms. The van der Waals surface area contributed by atoms with E-state index in [2.05, 4.69) is 44.7 Å². The molecular weight excluding hydrogens is 364 g/mol. The topological polar surface area (TPSA) is 70.2 Å². The second-order valence-electron chi connectivity index (χ2n) is 7.29. The minimum absolute atomic E-state index is 0.0253. The zero-order valence-electron chi connectivity index (χ0n) is 16.4. The Labute approximate surface area is 170 Å². The standard InChI is InChI=1S/C23H26N4O2/c28-22(12-7-15-29-19-10-5-2-6-11-19)24-23-20-13-14-27(17-21(20)25-26-23)16-18-8-3-1-4-9-18/h1-6,8-11H,7,12-17H2,(H2,24,25,26,28). The maximum atomic E-state index is 12.3. The summed E-state index contributed by atoms with van der Waals surface area (Å²) in [6.07, 6.45) is 1.96. The van der Waals surface area contributed by atoms with Gasteiger partial charge in [-0.3, -0.25) is 14.8 Å². The second kappa shape index (κ2) is 9.39. The Morgan fingerprint density at radius 3 is 2.66 bits per heavy atom. The Balaban J connectivity index is 1.24. The highest BCUT2D eigenvalue weighted by atomic mass is 16.5. The summed E-state index contributed by atoms with van der Waals surface area (Å²) in [5.41, 5.74) is 3.53. The Hall–Kier alpha value is -3.12. The molecule has 1 aromatic heterocycles. The number of aromatic amines is 1. The van der Waals surface area contributed by atoms with Crippen LogP contribution in [0.5, 0.6) is 5.75 Å². The number of para-hydroxylation sites is 1. The van der Waals surface area contributed by atoms with Gasteiger partial charge in [-0.15, -0.1) is 0 Å². The van der Waals surface area contributed by atoms with Crippen LogP contribution in [-0.4, -0.2) is 34.2 Å². The van der Waals surface area contributed by atoms with Crippen LogP contribution in [0.2, 0.25) is 0 Å². The van der Waals surface area contributed by atoms with E-state index >= 15 is 0 Å². The van der Waals surface area contributed by atoms with Crippen molar-refractivity contribution in [3.63, 3.8) is 0 Å². The number of benzene rings is 2. The molecule has 1 aliphatic rings. The van der Waals surface area contributed by atoms with Gasteiger partial charge in [0.05, 0.1) is 12.3 Å². The lowest BCUT2D eigenvalue weighted by Gasteiger charge is -2.26. The Bertz CT molecular complexity index is 925. The first-order valence-corrected chi connectivity index (χ1v) is 10.1. The molecule has 0 aliphatic carbocycles. The van der Waals surface area contributed by atoms with E-state index < -0.39 is 0 Å². The van der Waals surface area contributed by atoms with Gasteiger partial charge in [-0.25, -0.2) is 0 Å². The minimum Gasteiger partial charge on any atom is -0.494 e. The average Bonchev–Trinajstić information content (AvgIpc) is 3.14. The monoisotopic (exact) mass is 390 g/mol. The molecule has 6 nitrogen and oxygen atoms in total. The first kappa shape index (κ1) is 19.2. The number of nitrogens with zero attached hydrogens (tertiary/aromatic N) is 2. The molecule has 2 aromatic carbocycles. The van der Waals surface area contributed by atoms with Crippen LogP contribution < -0.4 is 10.1 Å². The largest absolute Gasteiger partial charge is 0.494 e. The van der Waals surface area contributed by atoms with Gasteiger partial charge in [0.1, 0.15) is 5.75 Å². The van der Waals surface area contributed by atoms with Crippen molar-refractivity contribution in [2.24, 2.45) is 0 Å². The number of aromatic nitrogens is 2. The number of nitrogens with one attached hydrogen (secondary N) is 2. The van der Waals surface area contributed by atoms with E-state index in [1.54, 1.807) is 0 Å². The van der Waals surface area contributed by atoms with Gasteiger partial charge in [-0.2, -0.15) is 5.10 Å². The first-order valence-electron chi connectivity index (χ1n) is 10.1. The molecule has 0 radical (unpaired) electrons. The highest BCUT2D eigenvalue weighted by Gasteiger charge is 2.22. The molecule has 0 fully saturated rings. The van der Waals surface area contributed by atoms with E-state index in [1.807, 2.05) is 36.4 Å². The molecule has 2 heterocycles. The third-order valence-electron chi connectivity index (χ3n) is 5.08. The fourth-order valence-electron chi connectivity index (χ4n) is 3.59. The van der Waals surface area contributed by atoms with Crippen molar-refractivity contribution < 1.29 is 9.53 Å². The van der Waals surface area contributed by atoms with Crippen LogP contribution in [0.15, 0.2) is 60.7 Å². The van der Waals surface area contributed by atoms with E-state index in [1.165, 1.54) is 5.56 Å². The predicted molar refractivity (Wildman–Crippen MR) is 113 cm³/mol. The van der Waals surface area contributed by atoms with Gasteiger partial charge in [0, 0.05) is 31.6 Å². The number of fused-ring (bicyclic) bond motifs is 1. The summed E-state index contributed by atoms with van der Waals surface area (Å²) in [6, 6.07) is 20.1. The van der Waals surface area contributed by atoms with E-state index in [0.717, 1.165) is 43.1 Å². The van der Waals surface area contributed by atoms with E-state index in [0.29, 0.717) is 25.3 Å². The molecular formula is C23H26N4O2. The highest BCUT2D eigenvalue weighted by Crippen LogP contribution is 2.25. The van der Waals surface area contributed by atoms with Crippen LogP contribution in [0.4, 0.5) is 5.82 Å². The molecule has 3 aromatic rings. The van der Waals surface area contributed by atoms with Crippen molar-refractivity contribution in [1.29, 1.82) is 0 Å². The molecule has 0 spiro atoms. The number of ether oxygens (including phenoxy) is 1. The Morgan fingerprint density at radius 2 is 1.86 bits per heavy atom. The number of carbonyl (C=O) groups excluding carboxylic acids is 1. The van der Waals surface area contributed by atoms with Crippen LogP contribution in [-0.2, 0) is 24.3 Å². The average molecular weight is 390 g/mol. The second-order valence-corrected chi connectivity index (χ2v) is 7.29. The van der Waals surface area contributed by atoms with Gasteiger partial charge in [0.2, 0.25) is 5.91 Å². The number of hydrogen-bond donors (Lipinski definition) is 2. The fraction of sp³-hybridized carbons (Fsp3) is 0.304. The van der Waals surface area contributed by atoms with Crippen molar-refractivity contribution in [3.8, 4) is 5.75 Å². The number of hydrogen-bond acceptors (Lipinski definition) is 4. The lowest BCUT2D eigenvalue weighted by atomic mass is 10.1. The summed E-state index contributed by atoms with van der Waals surface area (Å²) in [5, 5.41) is 10.4. The fourth-order valence-corrected chi connectivity index (χ4v) is 3.59. The molecule has 0 atom stereocenters. The summed E-state index contributed by atoms with van der Waals surface area (Å²) in [5.74, 6) is 1.48. The zero-order chi connectivity index (χ0) is 19.9. The Kier molecular flexibility index (Phi) is 6.22. The third-order valence-corrected chi connectivity index (χ3v) is 5.08. The van der Waals surface area contributed by atoms with Crippen molar-refractivity contribution in [1.82, 2.24) is 15.1 Å². The number of H-pyrrole nitrogens is 1. The third kappa shape index (κ3) is 5.23. The first-order chi connectivity index (χ1) is 14.3. The van der Waals surface area contributed by atoms with E-state index in [9.17, 15) is 4.79 Å². The number of anilines is 1. The van der Waals surface area contributed by atoms with Gasteiger partial charge in [-0.05, 0) is 30.5 Å². The van der Waals surface area contributed by atoms with Crippen LogP contribution >= 0.6 is 0 Å². The molecule has 0 saturated carbocycles. The summed E-state index contributed by atoms with van der Waals surface area (Å²) < 4.78 is 5.64. The number of amides is 1. The van der Waals surface area contributed by atoms with Crippen LogP contribution in [0.1, 0.15) is 29.7 Å². The van der Waals surface area contributed by atoms with E-state index in [-0.39, 0.29) is 5.91 Å². The molecule has 0 bridgehead atoms. The maximum Gasteiger partial charge on any atom is 0.225 e. The molecule has 150 valence electrons. The normalized spacial score (nSPS) is 13.7. The highest BCUT2D eigenvalue weighted by molar-refractivity contribution is 5.90. The lowest BCUT2D eigenvalue weighted by Crippen LogP contribution is -2.30. The Morgan fingerprint density at radius 1 is 1.10 bits per heavy atom. The van der Waals surface area contributed by atoms with Gasteiger partial charge >= 0.3 is 0 Å². The van der Waals surface area contributed by atoms with Crippen molar-refractivity contribution in [3.05, 3.63) is 77.5 Å². The minimum atomic E-state index is -0.0253. The predicted octanol–water partition coefficient (Wildman–Crippen LogP) is 3.77. The van der Waals surface area contributed by atoms with Crippen LogP contribution in [0, 0.1) is 0 Å². The van der Waals surface area contributed by atoms with Gasteiger partial charge in [-0.1, -0.05) is 48.5 Å². The van der Waals surface area contributed by atoms with Crippen molar-refractivity contribution in [2.75, 3.05) is 18.5 Å². The van der Waals surface area contributed by atoms with Gasteiger partial charge < -0.3 is 10.1 Å². The SMILES string of the molecule is O=C(CCCOc1ccccc1)Nc1n[nH]c2c1CCN(Cc1ccccc1)C2. The van der Waals surface area contributed by atoms with Gasteiger partial charge in [0.25, 0.3) is 0 Å². The lowest BCUT2D eigenvalue weighted by molar-refractivity contribution is -0.116. The molecule has 6 heteroatoms. The zero-order valence-corrected chi connectivity index (χ0v) is 16.4. The van der Waals surface area contributed by atoms with Crippen LogP contribution in [0.3, 0.4) is 0 Å². The molecule has 1 aliphatic heterocycles. The molecule has 2 N–H and O–H groups in total. The summed E-state index contributed by atoms with van der Waals surface area (Å²) in [4.78, 5) is 14.7.